The van der Waals surface area contributed by atoms with Crippen molar-refractivity contribution >= 4 is 22.8 Å². The van der Waals surface area contributed by atoms with Crippen LogP contribution in [0.2, 0.25) is 0 Å². The number of fused-ring (bicyclic) bond motifs is 1. The van der Waals surface area contributed by atoms with Crippen molar-refractivity contribution in [2.75, 3.05) is 36.9 Å². The van der Waals surface area contributed by atoms with Crippen LogP contribution in [-0.4, -0.2) is 36.3 Å². The van der Waals surface area contributed by atoms with Crippen molar-refractivity contribution in [1.29, 1.82) is 0 Å². The van der Waals surface area contributed by atoms with Crippen LogP contribution in [0.3, 0.4) is 0 Å². The minimum absolute atomic E-state index is 0.624. The minimum Gasteiger partial charge on any atom is -0.423 e. The second-order valence-electron chi connectivity index (χ2n) is 5.25. The normalized spacial score (nSPS) is 15.4. The molecular formula is C16H16N4O2. The Bertz CT molecular complexity index is 795. The van der Waals surface area contributed by atoms with Gasteiger partial charge in [-0.05, 0) is 23.8 Å². The lowest BCUT2D eigenvalue weighted by Gasteiger charge is -2.24. The van der Waals surface area contributed by atoms with E-state index in [1.54, 1.807) is 12.4 Å². The van der Waals surface area contributed by atoms with Gasteiger partial charge in [0.15, 0.2) is 5.58 Å². The number of pyridine rings is 1. The molecule has 3 aromatic rings. The van der Waals surface area contributed by atoms with E-state index in [2.05, 4.69) is 14.9 Å². The maximum Gasteiger partial charge on any atom is 0.298 e. The van der Waals surface area contributed by atoms with Crippen LogP contribution < -0.4 is 10.6 Å². The summed E-state index contributed by atoms with van der Waals surface area (Å²) in [6.45, 7) is 2.95. The molecule has 22 heavy (non-hydrogen) atoms. The molecule has 1 aliphatic rings. The lowest BCUT2D eigenvalue weighted by molar-refractivity contribution is 0.120. The van der Waals surface area contributed by atoms with Gasteiger partial charge in [0.2, 0.25) is 0 Å². The van der Waals surface area contributed by atoms with Crippen LogP contribution in [0.1, 0.15) is 0 Å². The first-order valence-electron chi connectivity index (χ1n) is 7.24. The molecule has 0 bridgehead atoms. The van der Waals surface area contributed by atoms with Gasteiger partial charge in [0.05, 0.1) is 13.2 Å². The van der Waals surface area contributed by atoms with Crippen LogP contribution in [0.4, 0.5) is 11.7 Å². The molecule has 0 spiro atoms. The van der Waals surface area contributed by atoms with Crippen molar-refractivity contribution < 1.29 is 9.15 Å². The molecule has 6 nitrogen and oxygen atoms in total. The highest BCUT2D eigenvalue weighted by molar-refractivity contribution is 5.94. The van der Waals surface area contributed by atoms with E-state index in [0.717, 1.165) is 29.7 Å². The van der Waals surface area contributed by atoms with Crippen molar-refractivity contribution in [3.63, 3.8) is 0 Å². The summed E-state index contributed by atoms with van der Waals surface area (Å²) in [4.78, 5) is 10.8. The van der Waals surface area contributed by atoms with Crippen molar-refractivity contribution in [2.45, 2.75) is 0 Å². The molecule has 1 aromatic carbocycles. The number of rotatable bonds is 2. The van der Waals surface area contributed by atoms with Gasteiger partial charge in [0.1, 0.15) is 5.52 Å². The summed E-state index contributed by atoms with van der Waals surface area (Å²) < 4.78 is 11.3. The fourth-order valence-electron chi connectivity index (χ4n) is 2.68. The SMILES string of the molecule is Nc1cc(-c2ccncc2)c2nc(N3CCOCC3)oc2c1. The molecule has 0 atom stereocenters. The first-order chi connectivity index (χ1) is 10.8. The molecular weight excluding hydrogens is 280 g/mol. The van der Waals surface area contributed by atoms with Gasteiger partial charge in [-0.25, -0.2) is 0 Å². The number of ether oxygens (including phenoxy) is 1. The first-order valence-corrected chi connectivity index (χ1v) is 7.24. The van der Waals surface area contributed by atoms with E-state index in [1.807, 2.05) is 24.3 Å². The highest BCUT2D eigenvalue weighted by atomic mass is 16.5. The molecule has 3 heterocycles. The number of oxazole rings is 1. The molecule has 4 rings (SSSR count). The van der Waals surface area contributed by atoms with Gasteiger partial charge in [-0.15, -0.1) is 0 Å². The summed E-state index contributed by atoms with van der Waals surface area (Å²) in [5, 5.41) is 0. The Kier molecular flexibility index (Phi) is 3.16. The Labute approximate surface area is 127 Å². The quantitative estimate of drug-likeness (QED) is 0.731. The molecule has 0 radical (unpaired) electrons. The lowest BCUT2D eigenvalue weighted by Crippen LogP contribution is -2.36. The average Bonchev–Trinajstić information content (AvgIpc) is 2.99. The predicted molar refractivity (Wildman–Crippen MR) is 84.7 cm³/mol. The molecule has 0 amide bonds. The first kappa shape index (κ1) is 13.1. The summed E-state index contributed by atoms with van der Waals surface area (Å²) >= 11 is 0. The van der Waals surface area contributed by atoms with Crippen molar-refractivity contribution in [3.05, 3.63) is 36.7 Å². The third-order valence-corrected chi connectivity index (χ3v) is 3.78. The highest BCUT2D eigenvalue weighted by Gasteiger charge is 2.19. The Morgan fingerprint density at radius 2 is 1.86 bits per heavy atom. The summed E-state index contributed by atoms with van der Waals surface area (Å²) in [5.74, 6) is 0. The van der Waals surface area contributed by atoms with Gasteiger partial charge < -0.3 is 19.8 Å². The van der Waals surface area contributed by atoms with Crippen molar-refractivity contribution in [3.8, 4) is 11.1 Å². The van der Waals surface area contributed by atoms with Gasteiger partial charge in [0, 0.05) is 42.8 Å². The van der Waals surface area contributed by atoms with Gasteiger partial charge in [-0.2, -0.15) is 4.98 Å². The largest absolute Gasteiger partial charge is 0.423 e. The number of nitrogens with zero attached hydrogens (tertiary/aromatic N) is 3. The predicted octanol–water partition coefficient (Wildman–Crippen LogP) is 2.31. The Morgan fingerprint density at radius 1 is 1.09 bits per heavy atom. The van der Waals surface area contributed by atoms with E-state index in [9.17, 15) is 0 Å². The number of benzene rings is 1. The lowest BCUT2D eigenvalue weighted by atomic mass is 10.1. The zero-order valence-electron chi connectivity index (χ0n) is 12.0. The zero-order chi connectivity index (χ0) is 14.9. The third kappa shape index (κ3) is 2.27. The maximum atomic E-state index is 6.01. The van der Waals surface area contributed by atoms with Crippen molar-refractivity contribution in [1.82, 2.24) is 9.97 Å². The number of aromatic nitrogens is 2. The van der Waals surface area contributed by atoms with Crippen molar-refractivity contribution in [2.24, 2.45) is 0 Å². The van der Waals surface area contributed by atoms with E-state index in [-0.39, 0.29) is 0 Å². The van der Waals surface area contributed by atoms with Crippen LogP contribution in [-0.2, 0) is 4.74 Å². The van der Waals surface area contributed by atoms with Crippen LogP contribution >= 0.6 is 0 Å². The third-order valence-electron chi connectivity index (χ3n) is 3.78. The number of nitrogens with two attached hydrogens (primary N) is 1. The summed E-state index contributed by atoms with van der Waals surface area (Å²) in [7, 11) is 0. The van der Waals surface area contributed by atoms with Gasteiger partial charge in [0.25, 0.3) is 6.01 Å². The smallest absolute Gasteiger partial charge is 0.298 e. The van der Waals surface area contributed by atoms with E-state index < -0.39 is 0 Å². The van der Waals surface area contributed by atoms with E-state index in [4.69, 9.17) is 14.9 Å². The summed E-state index contributed by atoms with van der Waals surface area (Å²) in [5.41, 5.74) is 10.2. The molecule has 112 valence electrons. The van der Waals surface area contributed by atoms with E-state index in [1.165, 1.54) is 0 Å². The molecule has 1 fully saturated rings. The van der Waals surface area contributed by atoms with Crippen LogP contribution in [0.25, 0.3) is 22.2 Å². The van der Waals surface area contributed by atoms with Gasteiger partial charge in [-0.1, -0.05) is 0 Å². The fourth-order valence-corrected chi connectivity index (χ4v) is 2.68. The summed E-state index contributed by atoms with van der Waals surface area (Å²) in [6, 6.07) is 8.24. The van der Waals surface area contributed by atoms with Crippen LogP contribution in [0.5, 0.6) is 0 Å². The number of hydrogen-bond acceptors (Lipinski definition) is 6. The minimum atomic E-state index is 0.624. The summed E-state index contributed by atoms with van der Waals surface area (Å²) in [6.07, 6.45) is 3.51. The number of hydrogen-bond donors (Lipinski definition) is 1. The average molecular weight is 296 g/mol. The van der Waals surface area contributed by atoms with Gasteiger partial charge in [-0.3, -0.25) is 4.98 Å². The topological polar surface area (TPSA) is 77.4 Å². The molecule has 6 heteroatoms. The Morgan fingerprint density at radius 3 is 2.64 bits per heavy atom. The second kappa shape index (κ2) is 5.31. The molecule has 0 unspecified atom stereocenters. The monoisotopic (exact) mass is 296 g/mol. The number of nitrogen functional groups attached to an aromatic ring is 1. The molecule has 1 aliphatic heterocycles. The van der Waals surface area contributed by atoms with E-state index >= 15 is 0 Å². The maximum absolute atomic E-state index is 6.01. The standard InChI is InChI=1S/C16H16N4O2/c17-12-9-13(11-1-3-18-4-2-11)15-14(10-12)22-16(19-15)20-5-7-21-8-6-20/h1-4,9-10H,5-8,17H2. The molecule has 1 saturated heterocycles. The highest BCUT2D eigenvalue weighted by Crippen LogP contribution is 2.33. The molecule has 2 aromatic heterocycles. The fraction of sp³-hybridized carbons (Fsp3) is 0.250. The van der Waals surface area contributed by atoms with Crippen LogP contribution in [0, 0.1) is 0 Å². The Balaban J connectivity index is 1.85. The molecule has 0 saturated carbocycles. The van der Waals surface area contributed by atoms with Crippen LogP contribution in [0.15, 0.2) is 41.1 Å². The van der Waals surface area contributed by atoms with Gasteiger partial charge >= 0.3 is 0 Å². The molecule has 2 N–H and O–H groups in total. The van der Waals surface area contributed by atoms with E-state index in [0.29, 0.717) is 30.5 Å². The second-order valence-corrected chi connectivity index (χ2v) is 5.25. The zero-order valence-corrected chi connectivity index (χ0v) is 12.0. The number of anilines is 2. The molecule has 0 aliphatic carbocycles. The number of morpholine rings is 1. The Hall–Kier alpha value is -2.60.